The standard InChI is InChI=1S/C17H29N/c1-6-17(14-18-5,13-12-16(2,3)4)15-10-8-7-9-11-15/h7-11,18H,6,12-14H2,1-5H3. The van der Waals surface area contributed by atoms with Crippen LogP contribution in [0.15, 0.2) is 30.3 Å². The molecule has 0 bridgehead atoms. The second-order valence-electron chi connectivity index (χ2n) is 6.59. The van der Waals surface area contributed by atoms with Gasteiger partial charge in [-0.05, 0) is 37.3 Å². The third kappa shape index (κ3) is 4.13. The lowest BCUT2D eigenvalue weighted by molar-refractivity contribution is 0.278. The molecule has 0 amide bonds. The van der Waals surface area contributed by atoms with Crippen LogP contribution in [0.25, 0.3) is 0 Å². The van der Waals surface area contributed by atoms with Crippen LogP contribution in [-0.4, -0.2) is 13.6 Å². The zero-order chi connectivity index (χ0) is 13.6. The molecule has 0 saturated heterocycles. The molecule has 0 aliphatic heterocycles. The topological polar surface area (TPSA) is 12.0 Å². The van der Waals surface area contributed by atoms with Gasteiger partial charge in [0.1, 0.15) is 0 Å². The van der Waals surface area contributed by atoms with Crippen molar-refractivity contribution in [3.8, 4) is 0 Å². The maximum absolute atomic E-state index is 3.39. The lowest BCUT2D eigenvalue weighted by atomic mass is 9.71. The lowest BCUT2D eigenvalue weighted by Gasteiger charge is -2.36. The van der Waals surface area contributed by atoms with Gasteiger partial charge in [-0.25, -0.2) is 0 Å². The molecule has 1 rings (SSSR count). The van der Waals surface area contributed by atoms with Gasteiger partial charge in [-0.15, -0.1) is 0 Å². The molecular weight excluding hydrogens is 218 g/mol. The SMILES string of the molecule is CCC(CCC(C)(C)C)(CNC)c1ccccc1. The Morgan fingerprint density at radius 2 is 1.61 bits per heavy atom. The van der Waals surface area contributed by atoms with Crippen LogP contribution in [0.1, 0.15) is 52.5 Å². The fourth-order valence-corrected chi connectivity index (χ4v) is 2.59. The van der Waals surface area contributed by atoms with E-state index in [-0.39, 0.29) is 5.41 Å². The van der Waals surface area contributed by atoms with Crippen LogP contribution in [0.5, 0.6) is 0 Å². The number of benzene rings is 1. The second-order valence-corrected chi connectivity index (χ2v) is 6.59. The third-order valence-electron chi connectivity index (χ3n) is 3.93. The fraction of sp³-hybridized carbons (Fsp3) is 0.647. The van der Waals surface area contributed by atoms with Gasteiger partial charge in [-0.3, -0.25) is 0 Å². The Kier molecular flexibility index (Phi) is 5.40. The molecular formula is C17H29N. The van der Waals surface area contributed by atoms with Crippen molar-refractivity contribution in [1.29, 1.82) is 0 Å². The molecule has 0 aromatic heterocycles. The maximum Gasteiger partial charge on any atom is 0.00752 e. The van der Waals surface area contributed by atoms with Crippen molar-refractivity contribution in [2.45, 2.75) is 52.4 Å². The fourth-order valence-electron chi connectivity index (χ4n) is 2.59. The first-order valence-electron chi connectivity index (χ1n) is 7.14. The van der Waals surface area contributed by atoms with Gasteiger partial charge in [-0.2, -0.15) is 0 Å². The van der Waals surface area contributed by atoms with Crippen LogP contribution in [0.2, 0.25) is 0 Å². The Morgan fingerprint density at radius 3 is 2.06 bits per heavy atom. The second kappa shape index (κ2) is 6.38. The largest absolute Gasteiger partial charge is 0.319 e. The van der Waals surface area contributed by atoms with E-state index < -0.39 is 0 Å². The highest BCUT2D eigenvalue weighted by molar-refractivity contribution is 5.26. The van der Waals surface area contributed by atoms with Crippen LogP contribution < -0.4 is 5.32 Å². The molecule has 0 fully saturated rings. The van der Waals surface area contributed by atoms with Gasteiger partial charge in [-0.1, -0.05) is 58.0 Å². The van der Waals surface area contributed by atoms with Crippen LogP contribution in [0, 0.1) is 5.41 Å². The van der Waals surface area contributed by atoms with E-state index in [0.717, 1.165) is 6.54 Å². The van der Waals surface area contributed by atoms with E-state index in [1.165, 1.54) is 24.8 Å². The minimum atomic E-state index is 0.281. The first kappa shape index (κ1) is 15.2. The van der Waals surface area contributed by atoms with Crippen LogP contribution in [0.4, 0.5) is 0 Å². The summed E-state index contributed by atoms with van der Waals surface area (Å²) in [5, 5.41) is 3.39. The van der Waals surface area contributed by atoms with Crippen molar-refractivity contribution >= 4 is 0 Å². The quantitative estimate of drug-likeness (QED) is 0.786. The summed E-state index contributed by atoms with van der Waals surface area (Å²) in [6, 6.07) is 11.0. The highest BCUT2D eigenvalue weighted by atomic mass is 14.8. The Labute approximate surface area is 113 Å². The summed E-state index contributed by atoms with van der Waals surface area (Å²) in [6.45, 7) is 10.4. The van der Waals surface area contributed by atoms with Gasteiger partial charge in [0.15, 0.2) is 0 Å². The summed E-state index contributed by atoms with van der Waals surface area (Å²) in [7, 11) is 2.06. The zero-order valence-corrected chi connectivity index (χ0v) is 12.7. The highest BCUT2D eigenvalue weighted by Gasteiger charge is 2.30. The lowest BCUT2D eigenvalue weighted by Crippen LogP contribution is -2.37. The molecule has 1 N–H and O–H groups in total. The third-order valence-corrected chi connectivity index (χ3v) is 3.93. The molecule has 1 aromatic carbocycles. The molecule has 1 heteroatoms. The van der Waals surface area contributed by atoms with Gasteiger partial charge >= 0.3 is 0 Å². The molecule has 0 saturated carbocycles. The van der Waals surface area contributed by atoms with Crippen molar-refractivity contribution in [1.82, 2.24) is 5.32 Å². The number of hydrogen-bond donors (Lipinski definition) is 1. The van der Waals surface area contributed by atoms with Crippen LogP contribution >= 0.6 is 0 Å². The molecule has 0 aliphatic carbocycles. The Bertz CT molecular complexity index is 336. The molecule has 0 spiro atoms. The van der Waals surface area contributed by atoms with Crippen molar-refractivity contribution in [2.75, 3.05) is 13.6 Å². The summed E-state index contributed by atoms with van der Waals surface area (Å²) in [6.07, 6.45) is 3.70. The Balaban J connectivity index is 2.94. The number of likely N-dealkylation sites (N-methyl/N-ethyl adjacent to an activating group) is 1. The van der Waals surface area contributed by atoms with E-state index in [4.69, 9.17) is 0 Å². The molecule has 1 nitrogen and oxygen atoms in total. The predicted molar refractivity (Wildman–Crippen MR) is 81.0 cm³/mol. The minimum absolute atomic E-state index is 0.281. The molecule has 1 atom stereocenters. The van der Waals surface area contributed by atoms with E-state index in [0.29, 0.717) is 5.41 Å². The van der Waals surface area contributed by atoms with Crippen LogP contribution in [0.3, 0.4) is 0 Å². The molecule has 102 valence electrons. The van der Waals surface area contributed by atoms with Crippen molar-refractivity contribution in [2.24, 2.45) is 5.41 Å². The van der Waals surface area contributed by atoms with Gasteiger partial charge in [0.25, 0.3) is 0 Å². The molecule has 18 heavy (non-hydrogen) atoms. The monoisotopic (exact) mass is 247 g/mol. The van der Waals surface area contributed by atoms with E-state index in [1.54, 1.807) is 0 Å². The first-order chi connectivity index (χ1) is 8.43. The van der Waals surface area contributed by atoms with Gasteiger partial charge in [0, 0.05) is 12.0 Å². The van der Waals surface area contributed by atoms with Crippen molar-refractivity contribution in [3.05, 3.63) is 35.9 Å². The minimum Gasteiger partial charge on any atom is -0.319 e. The number of rotatable bonds is 6. The predicted octanol–water partition coefficient (Wildman–Crippen LogP) is 4.38. The molecule has 0 heterocycles. The Morgan fingerprint density at radius 1 is 1.00 bits per heavy atom. The first-order valence-corrected chi connectivity index (χ1v) is 7.14. The molecule has 0 aliphatic rings. The van der Waals surface area contributed by atoms with E-state index in [9.17, 15) is 0 Å². The van der Waals surface area contributed by atoms with E-state index in [1.807, 2.05) is 0 Å². The maximum atomic E-state index is 3.39. The van der Waals surface area contributed by atoms with Gasteiger partial charge in [0.05, 0.1) is 0 Å². The molecule has 1 unspecified atom stereocenters. The normalized spacial score (nSPS) is 15.4. The zero-order valence-electron chi connectivity index (χ0n) is 12.7. The summed E-state index contributed by atoms with van der Waals surface area (Å²) in [5.41, 5.74) is 2.16. The Hall–Kier alpha value is -0.820. The van der Waals surface area contributed by atoms with E-state index in [2.05, 4.69) is 70.4 Å². The van der Waals surface area contributed by atoms with Crippen molar-refractivity contribution in [3.63, 3.8) is 0 Å². The van der Waals surface area contributed by atoms with Crippen molar-refractivity contribution < 1.29 is 0 Å². The van der Waals surface area contributed by atoms with Gasteiger partial charge in [0.2, 0.25) is 0 Å². The average Bonchev–Trinajstić information content (AvgIpc) is 2.35. The number of hydrogen-bond acceptors (Lipinski definition) is 1. The van der Waals surface area contributed by atoms with Crippen LogP contribution in [-0.2, 0) is 5.41 Å². The summed E-state index contributed by atoms with van der Waals surface area (Å²) < 4.78 is 0. The van der Waals surface area contributed by atoms with E-state index >= 15 is 0 Å². The average molecular weight is 247 g/mol. The smallest absolute Gasteiger partial charge is 0.00752 e. The molecule has 1 aromatic rings. The summed E-state index contributed by atoms with van der Waals surface area (Å²) in [4.78, 5) is 0. The van der Waals surface area contributed by atoms with Gasteiger partial charge < -0.3 is 5.32 Å². The summed E-state index contributed by atoms with van der Waals surface area (Å²) >= 11 is 0. The molecule has 0 radical (unpaired) electrons. The highest BCUT2D eigenvalue weighted by Crippen LogP contribution is 2.36. The number of nitrogens with one attached hydrogen (secondary N) is 1. The summed E-state index contributed by atoms with van der Waals surface area (Å²) in [5.74, 6) is 0.